The van der Waals surface area contributed by atoms with Crippen molar-refractivity contribution in [1.29, 1.82) is 0 Å². The quantitative estimate of drug-likeness (QED) is 0.663. The monoisotopic (exact) mass is 246 g/mol. The molecule has 17 heavy (non-hydrogen) atoms. The smallest absolute Gasteiger partial charge is 0.317 e. The van der Waals surface area contributed by atoms with E-state index in [0.717, 1.165) is 6.42 Å². The fourth-order valence-corrected chi connectivity index (χ4v) is 1.34. The number of likely N-dealkylation sites (N-methyl/N-ethyl adjacent to an activating group) is 1. The molecule has 0 heterocycles. The maximum absolute atomic E-state index is 11.5. The summed E-state index contributed by atoms with van der Waals surface area (Å²) in [5, 5.41) is 11.5. The van der Waals surface area contributed by atoms with Crippen LogP contribution < -0.4 is 5.32 Å². The first kappa shape index (κ1) is 15.7. The highest BCUT2D eigenvalue weighted by atomic mass is 16.5. The second-order valence-corrected chi connectivity index (χ2v) is 3.92. The number of rotatable bonds is 8. The van der Waals surface area contributed by atoms with Crippen LogP contribution in [0.15, 0.2) is 0 Å². The molecule has 1 unspecified atom stereocenters. The summed E-state index contributed by atoms with van der Waals surface area (Å²) in [6, 6.07) is -0.274. The van der Waals surface area contributed by atoms with Crippen molar-refractivity contribution in [3.05, 3.63) is 0 Å². The number of nitrogens with zero attached hydrogens (tertiary/aromatic N) is 1. The summed E-state index contributed by atoms with van der Waals surface area (Å²) in [5.41, 5.74) is 0. The van der Waals surface area contributed by atoms with E-state index in [9.17, 15) is 9.59 Å². The lowest BCUT2D eigenvalue weighted by atomic mass is 10.0. The summed E-state index contributed by atoms with van der Waals surface area (Å²) in [6.07, 6.45) is 1.35. The lowest BCUT2D eigenvalue weighted by Crippen LogP contribution is -2.42. The van der Waals surface area contributed by atoms with Gasteiger partial charge >= 0.3 is 12.0 Å². The number of carbonyl (C=O) groups excluding carboxylic acids is 1. The third-order valence-electron chi connectivity index (χ3n) is 2.46. The zero-order valence-corrected chi connectivity index (χ0v) is 10.7. The fraction of sp³-hybridized carbons (Fsp3) is 0.818. The van der Waals surface area contributed by atoms with E-state index in [2.05, 4.69) is 5.32 Å². The summed E-state index contributed by atoms with van der Waals surface area (Å²) in [4.78, 5) is 23.9. The SMILES string of the molecule is CCCC(CNC(=O)N(C)CCOC)C(=O)O. The molecule has 6 heteroatoms. The Morgan fingerprint density at radius 2 is 2.12 bits per heavy atom. The van der Waals surface area contributed by atoms with E-state index in [1.807, 2.05) is 6.92 Å². The van der Waals surface area contributed by atoms with E-state index in [1.165, 1.54) is 4.90 Å². The fourth-order valence-electron chi connectivity index (χ4n) is 1.34. The second-order valence-electron chi connectivity index (χ2n) is 3.92. The lowest BCUT2D eigenvalue weighted by Gasteiger charge is -2.19. The molecule has 0 aromatic carbocycles. The van der Waals surface area contributed by atoms with Crippen LogP contribution in [0.3, 0.4) is 0 Å². The number of aliphatic carboxylic acids is 1. The predicted octanol–water partition coefficient (Wildman–Crippen LogP) is 0.775. The molecule has 0 aliphatic heterocycles. The molecule has 2 amide bonds. The average Bonchev–Trinajstić information content (AvgIpc) is 2.30. The van der Waals surface area contributed by atoms with Crippen LogP contribution in [-0.2, 0) is 9.53 Å². The number of hydrogen-bond acceptors (Lipinski definition) is 3. The Morgan fingerprint density at radius 3 is 2.59 bits per heavy atom. The van der Waals surface area contributed by atoms with Crippen LogP contribution in [0.2, 0.25) is 0 Å². The number of methoxy groups -OCH3 is 1. The number of nitrogens with one attached hydrogen (secondary N) is 1. The highest BCUT2D eigenvalue weighted by molar-refractivity contribution is 5.75. The molecule has 0 aromatic heterocycles. The molecule has 0 aliphatic rings. The van der Waals surface area contributed by atoms with Crippen molar-refractivity contribution < 1.29 is 19.4 Å². The van der Waals surface area contributed by atoms with Gasteiger partial charge in [-0.05, 0) is 6.42 Å². The molecule has 1 atom stereocenters. The van der Waals surface area contributed by atoms with Gasteiger partial charge in [-0.15, -0.1) is 0 Å². The zero-order chi connectivity index (χ0) is 13.3. The topological polar surface area (TPSA) is 78.9 Å². The van der Waals surface area contributed by atoms with Crippen LogP contribution in [0.5, 0.6) is 0 Å². The number of amides is 2. The van der Waals surface area contributed by atoms with E-state index < -0.39 is 11.9 Å². The van der Waals surface area contributed by atoms with E-state index in [1.54, 1.807) is 14.2 Å². The second kappa shape index (κ2) is 8.81. The summed E-state index contributed by atoms with van der Waals surface area (Å²) in [5.74, 6) is -1.38. The highest BCUT2D eigenvalue weighted by Gasteiger charge is 2.18. The molecule has 0 bridgehead atoms. The van der Waals surface area contributed by atoms with Gasteiger partial charge in [-0.1, -0.05) is 13.3 Å². The minimum atomic E-state index is -0.869. The third-order valence-corrected chi connectivity index (χ3v) is 2.46. The minimum absolute atomic E-state index is 0.166. The van der Waals surface area contributed by atoms with Gasteiger partial charge in [0, 0.05) is 27.2 Å². The van der Waals surface area contributed by atoms with Gasteiger partial charge in [0.1, 0.15) is 0 Å². The van der Waals surface area contributed by atoms with Crippen LogP contribution in [-0.4, -0.2) is 55.9 Å². The summed E-state index contributed by atoms with van der Waals surface area (Å²) < 4.78 is 4.85. The van der Waals surface area contributed by atoms with Gasteiger partial charge in [-0.25, -0.2) is 4.79 Å². The van der Waals surface area contributed by atoms with Crippen molar-refractivity contribution in [2.24, 2.45) is 5.92 Å². The summed E-state index contributed by atoms with van der Waals surface area (Å²) in [6.45, 7) is 3.02. The van der Waals surface area contributed by atoms with Gasteiger partial charge in [0.15, 0.2) is 0 Å². The van der Waals surface area contributed by atoms with Gasteiger partial charge < -0.3 is 20.1 Å². The molecule has 0 saturated carbocycles. The van der Waals surface area contributed by atoms with E-state index in [-0.39, 0.29) is 12.6 Å². The van der Waals surface area contributed by atoms with Crippen LogP contribution in [0.1, 0.15) is 19.8 Å². The van der Waals surface area contributed by atoms with Gasteiger partial charge in [0.2, 0.25) is 0 Å². The molecule has 0 saturated heterocycles. The summed E-state index contributed by atoms with van der Waals surface area (Å²) >= 11 is 0. The number of ether oxygens (including phenoxy) is 1. The van der Waals surface area contributed by atoms with Gasteiger partial charge in [-0.3, -0.25) is 4.79 Å². The van der Waals surface area contributed by atoms with E-state index in [0.29, 0.717) is 19.6 Å². The minimum Gasteiger partial charge on any atom is -0.481 e. The number of carboxylic acid groups (broad SMARTS) is 1. The molecule has 0 aliphatic carbocycles. The number of urea groups is 1. The van der Waals surface area contributed by atoms with Gasteiger partial charge in [0.25, 0.3) is 0 Å². The normalized spacial score (nSPS) is 11.9. The first-order chi connectivity index (χ1) is 8.02. The Labute approximate surface area is 102 Å². The molecule has 100 valence electrons. The van der Waals surface area contributed by atoms with Crippen molar-refractivity contribution >= 4 is 12.0 Å². The van der Waals surface area contributed by atoms with Crippen LogP contribution in [0.25, 0.3) is 0 Å². The predicted molar refractivity (Wildman–Crippen MR) is 63.9 cm³/mol. The standard InChI is InChI=1S/C11H22N2O4/c1-4-5-9(10(14)15)8-12-11(16)13(2)6-7-17-3/h9H,4-8H2,1-3H3,(H,12,16)(H,14,15). The molecule has 0 rings (SSSR count). The van der Waals surface area contributed by atoms with Gasteiger partial charge in [0.05, 0.1) is 12.5 Å². The van der Waals surface area contributed by atoms with Crippen LogP contribution >= 0.6 is 0 Å². The largest absolute Gasteiger partial charge is 0.481 e. The van der Waals surface area contributed by atoms with Crippen LogP contribution in [0.4, 0.5) is 4.79 Å². The van der Waals surface area contributed by atoms with Crippen LogP contribution in [0, 0.1) is 5.92 Å². The van der Waals surface area contributed by atoms with Crippen molar-refractivity contribution in [1.82, 2.24) is 10.2 Å². The number of carboxylic acids is 1. The van der Waals surface area contributed by atoms with Crippen molar-refractivity contribution in [3.63, 3.8) is 0 Å². The summed E-state index contributed by atoms with van der Waals surface area (Å²) in [7, 11) is 3.21. The van der Waals surface area contributed by atoms with E-state index >= 15 is 0 Å². The lowest BCUT2D eigenvalue weighted by molar-refractivity contribution is -0.141. The molecule has 0 fully saturated rings. The average molecular weight is 246 g/mol. The Hall–Kier alpha value is -1.30. The van der Waals surface area contributed by atoms with Gasteiger partial charge in [-0.2, -0.15) is 0 Å². The first-order valence-corrected chi connectivity index (χ1v) is 5.73. The number of carbonyl (C=O) groups is 2. The highest BCUT2D eigenvalue weighted by Crippen LogP contribution is 2.05. The maximum Gasteiger partial charge on any atom is 0.317 e. The number of hydrogen-bond donors (Lipinski definition) is 2. The molecule has 6 nitrogen and oxygen atoms in total. The first-order valence-electron chi connectivity index (χ1n) is 5.73. The molecule has 0 spiro atoms. The zero-order valence-electron chi connectivity index (χ0n) is 10.7. The Kier molecular flexibility index (Phi) is 8.13. The van der Waals surface area contributed by atoms with Crippen molar-refractivity contribution in [3.8, 4) is 0 Å². The molecular formula is C11H22N2O4. The Bertz CT molecular complexity index is 246. The molecule has 2 N–H and O–H groups in total. The molecule has 0 radical (unpaired) electrons. The maximum atomic E-state index is 11.5. The third kappa shape index (κ3) is 6.78. The molecule has 0 aromatic rings. The molecular weight excluding hydrogens is 224 g/mol. The van der Waals surface area contributed by atoms with Crippen molar-refractivity contribution in [2.75, 3.05) is 33.9 Å². The van der Waals surface area contributed by atoms with Crippen molar-refractivity contribution in [2.45, 2.75) is 19.8 Å². The Morgan fingerprint density at radius 1 is 1.47 bits per heavy atom. The Balaban J connectivity index is 3.98. The van der Waals surface area contributed by atoms with E-state index in [4.69, 9.17) is 9.84 Å².